The van der Waals surface area contributed by atoms with Crippen LogP contribution in [0.5, 0.6) is 0 Å². The van der Waals surface area contributed by atoms with E-state index in [1.54, 1.807) is 7.11 Å². The van der Waals surface area contributed by atoms with Gasteiger partial charge in [-0.3, -0.25) is 9.80 Å². The molecule has 0 radical (unpaired) electrons. The topological polar surface area (TPSA) is 63.3 Å². The van der Waals surface area contributed by atoms with Crippen LogP contribution < -0.4 is 0 Å². The molecule has 20 heavy (non-hydrogen) atoms. The Morgan fingerprint density at radius 3 is 2.75 bits per heavy atom. The summed E-state index contributed by atoms with van der Waals surface area (Å²) >= 11 is 0. The van der Waals surface area contributed by atoms with E-state index in [1.165, 1.54) is 0 Å². The largest absolute Gasteiger partial charge is 0.383 e. The summed E-state index contributed by atoms with van der Waals surface area (Å²) in [5.41, 5.74) is 0. The Hall–Kier alpha value is -1.14. The summed E-state index contributed by atoms with van der Waals surface area (Å²) in [7, 11) is 1.74. The molecule has 0 bridgehead atoms. The molecule has 5 heteroatoms. The van der Waals surface area contributed by atoms with E-state index in [2.05, 4.69) is 28.9 Å². The number of nitrogens with zero attached hydrogens (tertiary/aromatic N) is 4. The number of piperazine rings is 1. The minimum atomic E-state index is -0.0160. The minimum absolute atomic E-state index is 0.0160. The quantitative estimate of drug-likeness (QED) is 0.673. The average Bonchev–Trinajstić information content (AvgIpc) is 2.49. The third kappa shape index (κ3) is 5.46. The Balaban J connectivity index is 2.43. The summed E-state index contributed by atoms with van der Waals surface area (Å²) in [6, 6.07) is 5.01. The van der Waals surface area contributed by atoms with Crippen LogP contribution in [0.3, 0.4) is 0 Å². The molecule has 0 aliphatic carbocycles. The van der Waals surface area contributed by atoms with Gasteiger partial charge in [-0.1, -0.05) is 6.92 Å². The molecule has 1 aliphatic heterocycles. The molecule has 112 valence electrons. The van der Waals surface area contributed by atoms with Crippen LogP contribution in [0.4, 0.5) is 0 Å². The molecule has 5 nitrogen and oxygen atoms in total. The molecule has 1 rings (SSSR count). The van der Waals surface area contributed by atoms with E-state index in [0.717, 1.165) is 45.8 Å². The van der Waals surface area contributed by atoms with Crippen molar-refractivity contribution in [2.75, 3.05) is 46.4 Å². The number of nitriles is 2. The first-order chi connectivity index (χ1) is 9.74. The fraction of sp³-hybridized carbons (Fsp3) is 0.867. The lowest BCUT2D eigenvalue weighted by Crippen LogP contribution is -2.54. The summed E-state index contributed by atoms with van der Waals surface area (Å²) in [4.78, 5) is 4.86. The Bertz CT molecular complexity index is 347. The summed E-state index contributed by atoms with van der Waals surface area (Å²) < 4.78 is 5.16. The zero-order chi connectivity index (χ0) is 14.8. The molecule has 0 unspecified atom stereocenters. The molecule has 2 atom stereocenters. The van der Waals surface area contributed by atoms with Gasteiger partial charge in [-0.2, -0.15) is 10.5 Å². The first-order valence-corrected chi connectivity index (χ1v) is 7.47. The van der Waals surface area contributed by atoms with Gasteiger partial charge in [0.1, 0.15) is 0 Å². The van der Waals surface area contributed by atoms with E-state index in [9.17, 15) is 0 Å². The maximum atomic E-state index is 9.16. The van der Waals surface area contributed by atoms with E-state index in [1.807, 2.05) is 0 Å². The van der Waals surface area contributed by atoms with Gasteiger partial charge < -0.3 is 4.74 Å². The highest BCUT2D eigenvalue weighted by Crippen LogP contribution is 2.15. The van der Waals surface area contributed by atoms with E-state index < -0.39 is 0 Å². The lowest BCUT2D eigenvalue weighted by atomic mass is 10.0. The molecule has 0 aromatic carbocycles. The molecule has 1 heterocycles. The second-order valence-corrected chi connectivity index (χ2v) is 5.37. The maximum Gasteiger partial charge on any atom is 0.0669 e. The van der Waals surface area contributed by atoms with Crippen molar-refractivity contribution in [3.8, 4) is 12.1 Å². The van der Waals surface area contributed by atoms with Gasteiger partial charge in [0.05, 0.1) is 24.7 Å². The van der Waals surface area contributed by atoms with Gasteiger partial charge in [-0.15, -0.1) is 0 Å². The average molecular weight is 278 g/mol. The third-order valence-corrected chi connectivity index (χ3v) is 4.01. The van der Waals surface area contributed by atoms with Crippen LogP contribution >= 0.6 is 0 Å². The first kappa shape index (κ1) is 16.9. The number of methoxy groups -OCH3 is 1. The van der Waals surface area contributed by atoms with Gasteiger partial charge in [0.2, 0.25) is 0 Å². The summed E-state index contributed by atoms with van der Waals surface area (Å²) in [5.74, 6) is -0.0160. The molecule has 1 aliphatic rings. The van der Waals surface area contributed by atoms with E-state index in [4.69, 9.17) is 15.3 Å². The number of ether oxygens (including phenoxy) is 1. The fourth-order valence-corrected chi connectivity index (χ4v) is 2.76. The fourth-order valence-electron chi connectivity index (χ4n) is 2.76. The smallest absolute Gasteiger partial charge is 0.0669 e. The van der Waals surface area contributed by atoms with Gasteiger partial charge in [0.15, 0.2) is 0 Å². The molecular weight excluding hydrogens is 252 g/mol. The van der Waals surface area contributed by atoms with Crippen LogP contribution in [-0.4, -0.2) is 62.3 Å². The van der Waals surface area contributed by atoms with Gasteiger partial charge in [-0.25, -0.2) is 0 Å². The molecule has 1 saturated heterocycles. The normalized spacial score (nSPS) is 22.1. The predicted octanol–water partition coefficient (Wildman–Crippen LogP) is 1.47. The van der Waals surface area contributed by atoms with Gasteiger partial charge >= 0.3 is 0 Å². The number of hydrogen-bond acceptors (Lipinski definition) is 5. The second kappa shape index (κ2) is 9.72. The maximum absolute atomic E-state index is 9.16. The number of rotatable bonds is 8. The van der Waals surface area contributed by atoms with Crippen molar-refractivity contribution in [1.29, 1.82) is 10.5 Å². The second-order valence-electron chi connectivity index (χ2n) is 5.37. The molecule has 0 amide bonds. The number of hydrogen-bond donors (Lipinski definition) is 0. The van der Waals surface area contributed by atoms with Crippen LogP contribution in [0.25, 0.3) is 0 Å². The Kier molecular flexibility index (Phi) is 8.22. The zero-order valence-electron chi connectivity index (χ0n) is 12.7. The van der Waals surface area contributed by atoms with Gasteiger partial charge in [0.25, 0.3) is 0 Å². The van der Waals surface area contributed by atoms with Crippen LogP contribution in [0.1, 0.15) is 26.2 Å². The summed E-state index contributed by atoms with van der Waals surface area (Å²) in [6.45, 7) is 7.84. The summed E-state index contributed by atoms with van der Waals surface area (Å²) in [6.07, 6.45) is 2.28. The van der Waals surface area contributed by atoms with Crippen molar-refractivity contribution < 1.29 is 4.74 Å². The minimum Gasteiger partial charge on any atom is -0.383 e. The molecule has 0 aromatic rings. The van der Waals surface area contributed by atoms with Crippen LogP contribution in [0, 0.1) is 28.6 Å². The molecule has 0 saturated carbocycles. The van der Waals surface area contributed by atoms with Crippen molar-refractivity contribution in [2.45, 2.75) is 32.2 Å². The zero-order valence-corrected chi connectivity index (χ0v) is 12.7. The molecule has 0 spiro atoms. The Morgan fingerprint density at radius 2 is 2.15 bits per heavy atom. The van der Waals surface area contributed by atoms with Crippen molar-refractivity contribution in [3.05, 3.63) is 0 Å². The Labute approximate surface area is 122 Å². The van der Waals surface area contributed by atoms with Gasteiger partial charge in [-0.05, 0) is 12.8 Å². The van der Waals surface area contributed by atoms with Crippen molar-refractivity contribution in [2.24, 2.45) is 5.92 Å². The first-order valence-electron chi connectivity index (χ1n) is 7.47. The SMILES string of the molecule is CC[C@H]1CN(C[C@@H](C#N)CCC#N)CCN1CCOC. The van der Waals surface area contributed by atoms with E-state index in [-0.39, 0.29) is 5.92 Å². The van der Waals surface area contributed by atoms with E-state index >= 15 is 0 Å². The van der Waals surface area contributed by atoms with Crippen molar-refractivity contribution in [3.63, 3.8) is 0 Å². The van der Waals surface area contributed by atoms with Gasteiger partial charge in [0, 0.05) is 52.3 Å². The van der Waals surface area contributed by atoms with Crippen LogP contribution in [-0.2, 0) is 4.74 Å². The summed E-state index contributed by atoms with van der Waals surface area (Å²) in [5, 5.41) is 17.8. The van der Waals surface area contributed by atoms with E-state index in [0.29, 0.717) is 18.9 Å². The standard InChI is InChI=1S/C15H26N4O/c1-3-15-13-18(7-8-19(15)9-10-20-2)12-14(11-17)5-4-6-16/h14-15H,3-5,7-10,12-13H2,1-2H3/t14-,15+/m1/s1. The van der Waals surface area contributed by atoms with Crippen LogP contribution in [0.2, 0.25) is 0 Å². The highest BCUT2D eigenvalue weighted by atomic mass is 16.5. The van der Waals surface area contributed by atoms with Crippen molar-refractivity contribution in [1.82, 2.24) is 9.80 Å². The lowest BCUT2D eigenvalue weighted by Gasteiger charge is -2.41. The highest BCUT2D eigenvalue weighted by molar-refractivity contribution is 4.90. The molecule has 0 aromatic heterocycles. The Morgan fingerprint density at radius 1 is 1.35 bits per heavy atom. The lowest BCUT2D eigenvalue weighted by molar-refractivity contribution is 0.0457. The molecule has 0 N–H and O–H groups in total. The monoisotopic (exact) mass is 278 g/mol. The third-order valence-electron chi connectivity index (χ3n) is 4.01. The molecular formula is C15H26N4O. The highest BCUT2D eigenvalue weighted by Gasteiger charge is 2.26. The predicted molar refractivity (Wildman–Crippen MR) is 77.9 cm³/mol. The van der Waals surface area contributed by atoms with Crippen molar-refractivity contribution >= 4 is 0 Å². The molecule has 1 fully saturated rings. The van der Waals surface area contributed by atoms with Crippen LogP contribution in [0.15, 0.2) is 0 Å².